The summed E-state index contributed by atoms with van der Waals surface area (Å²) in [7, 11) is 3.87. The van der Waals surface area contributed by atoms with Crippen LogP contribution in [0.3, 0.4) is 0 Å². The lowest BCUT2D eigenvalue weighted by atomic mass is 10.2. The summed E-state index contributed by atoms with van der Waals surface area (Å²) < 4.78 is 38.9. The van der Waals surface area contributed by atoms with Crippen molar-refractivity contribution in [2.75, 3.05) is 24.3 Å². The maximum Gasteiger partial charge on any atom is 0.194 e. The van der Waals surface area contributed by atoms with Gasteiger partial charge in [-0.05, 0) is 42.0 Å². The molecule has 0 aliphatic carbocycles. The van der Waals surface area contributed by atoms with Gasteiger partial charge in [0.25, 0.3) is 0 Å². The normalized spacial score (nSPS) is 10.4. The lowest BCUT2D eigenvalue weighted by Gasteiger charge is -2.13. The molecule has 0 saturated heterocycles. The highest BCUT2D eigenvalue weighted by Gasteiger charge is 2.10. The Morgan fingerprint density at radius 2 is 1.50 bits per heavy atom. The molecule has 0 bridgehead atoms. The van der Waals surface area contributed by atoms with Crippen LogP contribution >= 0.6 is 0 Å². The summed E-state index contributed by atoms with van der Waals surface area (Å²) in [5.74, 6) is -3.79. The van der Waals surface area contributed by atoms with Crippen molar-refractivity contribution in [2.45, 2.75) is 6.54 Å². The van der Waals surface area contributed by atoms with E-state index in [1.54, 1.807) is 0 Å². The fourth-order valence-corrected chi connectivity index (χ4v) is 1.79. The van der Waals surface area contributed by atoms with Gasteiger partial charge >= 0.3 is 0 Å². The van der Waals surface area contributed by atoms with Gasteiger partial charge in [0.2, 0.25) is 0 Å². The van der Waals surface area contributed by atoms with Crippen LogP contribution in [0.5, 0.6) is 0 Å². The van der Waals surface area contributed by atoms with Crippen LogP contribution < -0.4 is 10.2 Å². The van der Waals surface area contributed by atoms with E-state index < -0.39 is 17.5 Å². The van der Waals surface area contributed by atoms with Gasteiger partial charge in [-0.3, -0.25) is 0 Å². The molecular weight excluding hydrogens is 265 g/mol. The summed E-state index contributed by atoms with van der Waals surface area (Å²) in [4.78, 5) is 1.97. The largest absolute Gasteiger partial charge is 0.381 e. The van der Waals surface area contributed by atoms with Gasteiger partial charge in [0.05, 0.1) is 0 Å². The van der Waals surface area contributed by atoms with E-state index in [2.05, 4.69) is 5.32 Å². The van der Waals surface area contributed by atoms with Crippen molar-refractivity contribution in [3.05, 3.63) is 59.4 Å². The molecule has 0 saturated carbocycles. The van der Waals surface area contributed by atoms with Crippen molar-refractivity contribution >= 4 is 11.4 Å². The molecule has 0 aromatic heterocycles. The molecule has 0 spiro atoms. The zero-order valence-electron chi connectivity index (χ0n) is 11.3. The molecule has 0 fully saturated rings. The molecule has 0 atom stereocenters. The van der Waals surface area contributed by atoms with Crippen LogP contribution in [0.2, 0.25) is 0 Å². The van der Waals surface area contributed by atoms with Crippen molar-refractivity contribution < 1.29 is 13.2 Å². The van der Waals surface area contributed by atoms with Gasteiger partial charge in [0, 0.05) is 32.0 Å². The summed E-state index contributed by atoms with van der Waals surface area (Å²) in [5.41, 5.74) is 2.22. The van der Waals surface area contributed by atoms with Gasteiger partial charge in [0.1, 0.15) is 0 Å². The standard InChI is InChI=1S/C15H15F3N2/c1-20(2)12-5-3-11(4-6-12)19-9-10-7-13(16)15(18)14(17)8-10/h3-8,19H,9H2,1-2H3. The lowest BCUT2D eigenvalue weighted by molar-refractivity contribution is 0.445. The SMILES string of the molecule is CN(C)c1ccc(NCc2cc(F)c(F)c(F)c2)cc1. The molecule has 2 aromatic carbocycles. The van der Waals surface area contributed by atoms with Crippen molar-refractivity contribution in [2.24, 2.45) is 0 Å². The zero-order valence-corrected chi connectivity index (χ0v) is 11.3. The van der Waals surface area contributed by atoms with Crippen LogP contribution in [-0.2, 0) is 6.54 Å². The second-order valence-corrected chi connectivity index (χ2v) is 4.67. The first-order valence-corrected chi connectivity index (χ1v) is 6.12. The topological polar surface area (TPSA) is 15.3 Å². The first-order chi connectivity index (χ1) is 9.47. The van der Waals surface area contributed by atoms with Crippen LogP contribution in [0.15, 0.2) is 36.4 Å². The van der Waals surface area contributed by atoms with Crippen molar-refractivity contribution in [1.82, 2.24) is 0 Å². The maximum atomic E-state index is 13.1. The fraction of sp³-hybridized carbons (Fsp3) is 0.200. The molecule has 0 heterocycles. The smallest absolute Gasteiger partial charge is 0.194 e. The average molecular weight is 280 g/mol. The van der Waals surface area contributed by atoms with Gasteiger partial charge in [-0.1, -0.05) is 0 Å². The molecule has 2 aromatic rings. The third-order valence-corrected chi connectivity index (χ3v) is 2.92. The van der Waals surface area contributed by atoms with Gasteiger partial charge in [-0.15, -0.1) is 0 Å². The molecule has 0 aliphatic rings. The summed E-state index contributed by atoms with van der Waals surface area (Å²) in [6.45, 7) is 0.218. The Kier molecular flexibility index (Phi) is 4.17. The van der Waals surface area contributed by atoms with E-state index in [-0.39, 0.29) is 6.54 Å². The highest BCUT2D eigenvalue weighted by Crippen LogP contribution is 2.18. The van der Waals surface area contributed by atoms with Crippen molar-refractivity contribution in [3.8, 4) is 0 Å². The Bertz CT molecular complexity index is 572. The minimum Gasteiger partial charge on any atom is -0.381 e. The van der Waals surface area contributed by atoms with Crippen LogP contribution in [-0.4, -0.2) is 14.1 Å². The first-order valence-electron chi connectivity index (χ1n) is 6.12. The minimum atomic E-state index is -1.44. The molecule has 0 amide bonds. The lowest BCUT2D eigenvalue weighted by Crippen LogP contribution is -2.08. The molecule has 20 heavy (non-hydrogen) atoms. The third kappa shape index (κ3) is 3.23. The summed E-state index contributed by atoms with van der Waals surface area (Å²) in [6, 6.07) is 9.55. The number of nitrogens with one attached hydrogen (secondary N) is 1. The fourth-order valence-electron chi connectivity index (χ4n) is 1.79. The predicted octanol–water partition coefficient (Wildman–Crippen LogP) is 3.78. The summed E-state index contributed by atoms with van der Waals surface area (Å²) >= 11 is 0. The minimum absolute atomic E-state index is 0.218. The molecule has 0 aliphatic heterocycles. The number of halogens is 3. The van der Waals surface area contributed by atoms with E-state index in [0.717, 1.165) is 23.5 Å². The molecule has 2 nitrogen and oxygen atoms in total. The monoisotopic (exact) mass is 280 g/mol. The number of hydrogen-bond donors (Lipinski definition) is 1. The predicted molar refractivity (Wildman–Crippen MR) is 74.4 cm³/mol. The van der Waals surface area contributed by atoms with E-state index in [1.807, 2.05) is 43.3 Å². The molecule has 1 N–H and O–H groups in total. The van der Waals surface area contributed by atoms with Gasteiger partial charge in [0.15, 0.2) is 17.5 Å². The van der Waals surface area contributed by atoms with E-state index >= 15 is 0 Å². The number of hydrogen-bond acceptors (Lipinski definition) is 2. The van der Waals surface area contributed by atoms with E-state index in [4.69, 9.17) is 0 Å². The second kappa shape index (κ2) is 5.86. The molecule has 5 heteroatoms. The Balaban J connectivity index is 2.05. The van der Waals surface area contributed by atoms with Gasteiger partial charge in [-0.25, -0.2) is 13.2 Å². The summed E-state index contributed by atoms with van der Waals surface area (Å²) in [5, 5.41) is 3.03. The van der Waals surface area contributed by atoms with E-state index in [1.165, 1.54) is 0 Å². The maximum absolute atomic E-state index is 13.1. The van der Waals surface area contributed by atoms with Crippen LogP contribution in [0.4, 0.5) is 24.5 Å². The number of nitrogens with zero attached hydrogens (tertiary/aromatic N) is 1. The Morgan fingerprint density at radius 1 is 0.950 bits per heavy atom. The highest BCUT2D eigenvalue weighted by atomic mass is 19.2. The third-order valence-electron chi connectivity index (χ3n) is 2.92. The van der Waals surface area contributed by atoms with E-state index in [0.29, 0.717) is 5.56 Å². The Labute approximate surface area is 115 Å². The van der Waals surface area contributed by atoms with Crippen LogP contribution in [0.1, 0.15) is 5.56 Å². The van der Waals surface area contributed by atoms with Crippen molar-refractivity contribution in [1.29, 1.82) is 0 Å². The molecule has 0 radical (unpaired) electrons. The molecule has 0 unspecified atom stereocenters. The van der Waals surface area contributed by atoms with Gasteiger partial charge < -0.3 is 10.2 Å². The quantitative estimate of drug-likeness (QED) is 0.857. The van der Waals surface area contributed by atoms with Gasteiger partial charge in [-0.2, -0.15) is 0 Å². The first kappa shape index (κ1) is 14.2. The Hall–Kier alpha value is -2.17. The zero-order chi connectivity index (χ0) is 14.7. The number of rotatable bonds is 4. The highest BCUT2D eigenvalue weighted by molar-refractivity contribution is 5.54. The number of anilines is 2. The van der Waals surface area contributed by atoms with Crippen molar-refractivity contribution in [3.63, 3.8) is 0 Å². The Morgan fingerprint density at radius 3 is 2.00 bits per heavy atom. The molecule has 106 valence electrons. The average Bonchev–Trinajstić information content (AvgIpc) is 2.42. The summed E-state index contributed by atoms with van der Waals surface area (Å²) in [6.07, 6.45) is 0. The molecule has 2 rings (SSSR count). The van der Waals surface area contributed by atoms with Crippen LogP contribution in [0, 0.1) is 17.5 Å². The second-order valence-electron chi connectivity index (χ2n) is 4.67. The van der Waals surface area contributed by atoms with Crippen LogP contribution in [0.25, 0.3) is 0 Å². The van der Waals surface area contributed by atoms with E-state index in [9.17, 15) is 13.2 Å². The number of benzene rings is 2. The molecular formula is C15H15F3N2.